The highest BCUT2D eigenvalue weighted by Crippen LogP contribution is 2.29. The number of nitro benzene ring substituents is 1. The van der Waals surface area contributed by atoms with Gasteiger partial charge in [-0.25, -0.2) is 0 Å². The molecule has 1 amide bonds. The largest absolute Gasteiger partial charge is 0.383 e. The van der Waals surface area contributed by atoms with Gasteiger partial charge in [0.25, 0.3) is 11.6 Å². The van der Waals surface area contributed by atoms with Gasteiger partial charge in [-0.2, -0.15) is 0 Å². The Morgan fingerprint density at radius 2 is 2.03 bits per heavy atom. The third-order valence-corrected chi connectivity index (χ3v) is 4.65. The van der Waals surface area contributed by atoms with E-state index in [2.05, 4.69) is 10.5 Å². The number of hydrogen-bond donors (Lipinski definition) is 1. The van der Waals surface area contributed by atoms with Crippen molar-refractivity contribution >= 4 is 23.5 Å². The van der Waals surface area contributed by atoms with Gasteiger partial charge in [-0.05, 0) is 18.6 Å². The molecule has 0 saturated carbocycles. The van der Waals surface area contributed by atoms with Crippen LogP contribution in [0.2, 0.25) is 0 Å². The highest BCUT2D eigenvalue weighted by molar-refractivity contribution is 5.83. The summed E-state index contributed by atoms with van der Waals surface area (Å²) in [6.45, 7) is 4.27. The summed E-state index contributed by atoms with van der Waals surface area (Å²) in [7, 11) is 0. The van der Waals surface area contributed by atoms with Crippen LogP contribution in [0.3, 0.4) is 0 Å². The maximum atomic E-state index is 12.1. The van der Waals surface area contributed by atoms with E-state index in [4.69, 9.17) is 9.57 Å². The molecule has 0 aliphatic carbocycles. The van der Waals surface area contributed by atoms with Crippen molar-refractivity contribution in [2.75, 3.05) is 31.2 Å². The van der Waals surface area contributed by atoms with Crippen LogP contribution in [0.15, 0.2) is 53.7 Å². The second-order valence-electron chi connectivity index (χ2n) is 6.79. The van der Waals surface area contributed by atoms with Crippen LogP contribution in [-0.4, -0.2) is 49.5 Å². The van der Waals surface area contributed by atoms with Gasteiger partial charge in [0.05, 0.1) is 24.4 Å². The second-order valence-corrected chi connectivity index (χ2v) is 6.79. The normalized spacial score (nSPS) is 15.0. The lowest BCUT2D eigenvalue weighted by Gasteiger charge is -2.28. The van der Waals surface area contributed by atoms with Gasteiger partial charge in [0.1, 0.15) is 5.69 Å². The average Bonchev–Trinajstić information content (AvgIpc) is 2.78. The molecule has 1 aliphatic rings. The number of nitrogens with zero attached hydrogens (tertiary/aromatic N) is 3. The fourth-order valence-corrected chi connectivity index (χ4v) is 3.00. The third-order valence-electron chi connectivity index (χ3n) is 4.65. The fraction of sp³-hybridized carbons (Fsp3) is 0.333. The number of amides is 1. The van der Waals surface area contributed by atoms with Crippen molar-refractivity contribution in [1.82, 2.24) is 5.32 Å². The molecule has 0 spiro atoms. The molecular formula is C21H24N4O5. The van der Waals surface area contributed by atoms with Crippen LogP contribution in [0.1, 0.15) is 18.1 Å². The number of nitro groups is 1. The molecule has 0 radical (unpaired) electrons. The first-order chi connectivity index (χ1) is 14.5. The van der Waals surface area contributed by atoms with Crippen LogP contribution >= 0.6 is 0 Å². The number of oxime groups is 1. The fourth-order valence-electron chi connectivity index (χ4n) is 3.00. The summed E-state index contributed by atoms with van der Waals surface area (Å²) < 4.78 is 5.30. The standard InChI is InChI=1S/C21H24N4O5/c1-16(21(26)22-14-17-5-3-2-4-6-17)30-23-15-18-7-8-19(20(13-18)25(27)28)24-9-11-29-12-10-24/h2-8,13,15-16H,9-12,14H2,1H3,(H,22,26)/b23-15-/t16-/m1/s1. The maximum Gasteiger partial charge on any atom is 0.293 e. The molecule has 0 unspecified atom stereocenters. The molecule has 9 heteroatoms. The molecule has 158 valence electrons. The van der Waals surface area contributed by atoms with E-state index in [1.165, 1.54) is 12.3 Å². The first-order valence-electron chi connectivity index (χ1n) is 9.66. The molecule has 1 atom stereocenters. The Kier molecular flexibility index (Phi) is 7.34. The predicted octanol–water partition coefficient (Wildman–Crippen LogP) is 2.49. The summed E-state index contributed by atoms with van der Waals surface area (Å²) in [5.41, 5.74) is 2.04. The molecular weight excluding hydrogens is 388 g/mol. The molecule has 1 heterocycles. The molecule has 0 bridgehead atoms. The zero-order valence-corrected chi connectivity index (χ0v) is 16.7. The number of anilines is 1. The molecule has 3 rings (SSSR count). The minimum atomic E-state index is -0.799. The van der Waals surface area contributed by atoms with E-state index >= 15 is 0 Å². The molecule has 2 aromatic rings. The number of carbonyl (C=O) groups excluding carboxylic acids is 1. The van der Waals surface area contributed by atoms with E-state index in [-0.39, 0.29) is 11.6 Å². The Morgan fingerprint density at radius 3 is 2.73 bits per heavy atom. The van der Waals surface area contributed by atoms with Crippen LogP contribution in [0.4, 0.5) is 11.4 Å². The minimum absolute atomic E-state index is 0.00509. The molecule has 1 N–H and O–H groups in total. The first kappa shape index (κ1) is 21.3. The van der Waals surface area contributed by atoms with Crippen LogP contribution in [-0.2, 0) is 20.9 Å². The Bertz CT molecular complexity index is 898. The van der Waals surface area contributed by atoms with Crippen molar-refractivity contribution in [3.05, 3.63) is 69.8 Å². The lowest BCUT2D eigenvalue weighted by molar-refractivity contribution is -0.384. The summed E-state index contributed by atoms with van der Waals surface area (Å²) >= 11 is 0. The number of morpholine rings is 1. The number of hydrogen-bond acceptors (Lipinski definition) is 7. The number of ether oxygens (including phenoxy) is 1. The van der Waals surface area contributed by atoms with Crippen LogP contribution in [0.5, 0.6) is 0 Å². The monoisotopic (exact) mass is 412 g/mol. The molecule has 30 heavy (non-hydrogen) atoms. The van der Waals surface area contributed by atoms with E-state index < -0.39 is 11.0 Å². The van der Waals surface area contributed by atoms with Crippen molar-refractivity contribution in [3.63, 3.8) is 0 Å². The lowest BCUT2D eigenvalue weighted by atomic mass is 10.1. The Hall–Kier alpha value is -3.46. The zero-order valence-electron chi connectivity index (χ0n) is 16.7. The van der Waals surface area contributed by atoms with Gasteiger partial charge < -0.3 is 19.8 Å². The van der Waals surface area contributed by atoms with Gasteiger partial charge in [0.15, 0.2) is 0 Å². The maximum absolute atomic E-state index is 12.1. The Balaban J connectivity index is 1.57. The van der Waals surface area contributed by atoms with Gasteiger partial charge >= 0.3 is 0 Å². The molecule has 1 saturated heterocycles. The van der Waals surface area contributed by atoms with Crippen LogP contribution < -0.4 is 10.2 Å². The topological polar surface area (TPSA) is 106 Å². The number of rotatable bonds is 8. The summed E-state index contributed by atoms with van der Waals surface area (Å²) in [5.74, 6) is -0.301. The van der Waals surface area contributed by atoms with Crippen LogP contribution in [0.25, 0.3) is 0 Å². The van der Waals surface area contributed by atoms with Crippen molar-refractivity contribution in [2.45, 2.75) is 19.6 Å². The Morgan fingerprint density at radius 1 is 1.30 bits per heavy atom. The van der Waals surface area contributed by atoms with E-state index in [9.17, 15) is 14.9 Å². The molecule has 1 fully saturated rings. The quantitative estimate of drug-likeness (QED) is 0.406. The van der Waals surface area contributed by atoms with E-state index in [0.717, 1.165) is 5.56 Å². The number of benzene rings is 2. The lowest BCUT2D eigenvalue weighted by Crippen LogP contribution is -2.36. The van der Waals surface area contributed by atoms with Gasteiger partial charge in [-0.3, -0.25) is 14.9 Å². The predicted molar refractivity (Wildman–Crippen MR) is 113 cm³/mol. The summed E-state index contributed by atoms with van der Waals surface area (Å²) in [4.78, 5) is 30.3. The number of carbonyl (C=O) groups is 1. The SMILES string of the molecule is C[C@@H](O/N=C\c1ccc(N2CCOCC2)c([N+](=O)[O-])c1)C(=O)NCc1ccccc1. The van der Waals surface area contributed by atoms with Crippen molar-refractivity contribution in [3.8, 4) is 0 Å². The first-order valence-corrected chi connectivity index (χ1v) is 9.66. The third kappa shape index (κ3) is 5.77. The summed E-state index contributed by atoms with van der Waals surface area (Å²) in [6, 6.07) is 14.4. The average molecular weight is 412 g/mol. The highest BCUT2D eigenvalue weighted by atomic mass is 16.6. The summed E-state index contributed by atoms with van der Waals surface area (Å²) in [6.07, 6.45) is 0.560. The van der Waals surface area contributed by atoms with Gasteiger partial charge in [0, 0.05) is 31.3 Å². The second kappa shape index (κ2) is 10.4. The van der Waals surface area contributed by atoms with Crippen molar-refractivity contribution in [2.24, 2.45) is 5.16 Å². The number of nitrogens with one attached hydrogen (secondary N) is 1. The Labute approximate surface area is 174 Å². The molecule has 1 aliphatic heterocycles. The van der Waals surface area contributed by atoms with Crippen molar-refractivity contribution < 1.29 is 19.3 Å². The minimum Gasteiger partial charge on any atom is -0.383 e. The molecule has 9 nitrogen and oxygen atoms in total. The van der Waals surface area contributed by atoms with E-state index in [1.807, 2.05) is 35.2 Å². The summed E-state index contributed by atoms with van der Waals surface area (Å²) in [5, 5.41) is 18.1. The van der Waals surface area contributed by atoms with Gasteiger partial charge in [-0.1, -0.05) is 41.6 Å². The zero-order chi connectivity index (χ0) is 21.3. The smallest absolute Gasteiger partial charge is 0.293 e. The molecule has 2 aromatic carbocycles. The van der Waals surface area contributed by atoms with Gasteiger partial charge in [0.2, 0.25) is 6.10 Å². The molecule has 0 aromatic heterocycles. The van der Waals surface area contributed by atoms with E-state index in [0.29, 0.717) is 44.1 Å². The van der Waals surface area contributed by atoms with E-state index in [1.54, 1.807) is 19.1 Å². The van der Waals surface area contributed by atoms with Crippen LogP contribution in [0, 0.1) is 10.1 Å². The highest BCUT2D eigenvalue weighted by Gasteiger charge is 2.21. The van der Waals surface area contributed by atoms with Crippen molar-refractivity contribution in [1.29, 1.82) is 0 Å². The van der Waals surface area contributed by atoms with Gasteiger partial charge in [-0.15, -0.1) is 0 Å².